The second kappa shape index (κ2) is 5.51. The van der Waals surface area contributed by atoms with Gasteiger partial charge in [0.2, 0.25) is 0 Å². The van der Waals surface area contributed by atoms with E-state index in [0.717, 1.165) is 19.6 Å². The summed E-state index contributed by atoms with van der Waals surface area (Å²) in [7, 11) is 0. The molecule has 0 aliphatic rings. The molecule has 0 saturated heterocycles. The molecular weight excluding hydrogens is 200 g/mol. The summed E-state index contributed by atoms with van der Waals surface area (Å²) < 4.78 is 7.93. The second-order valence-electron chi connectivity index (χ2n) is 5.34. The van der Waals surface area contributed by atoms with Gasteiger partial charge < -0.3 is 15.0 Å². The van der Waals surface area contributed by atoms with Gasteiger partial charge >= 0.3 is 0 Å². The molecule has 0 aliphatic carbocycles. The molecule has 0 fully saturated rings. The topological polar surface area (TPSA) is 40.2 Å². The Labute approximate surface area is 98.6 Å². The van der Waals surface area contributed by atoms with E-state index < -0.39 is 0 Å². The van der Waals surface area contributed by atoms with Crippen LogP contribution in [0.1, 0.15) is 33.4 Å². The fraction of sp³-hybridized carbons (Fsp3) is 0.692. The van der Waals surface area contributed by atoms with E-state index in [1.807, 2.05) is 6.92 Å². The Morgan fingerprint density at radius 1 is 1.44 bits per heavy atom. The summed E-state index contributed by atoms with van der Waals surface area (Å²) in [5, 5.41) is 0. The molecular formula is C13H24N2O. The molecule has 1 aromatic heterocycles. The monoisotopic (exact) mass is 224 g/mol. The molecule has 1 heterocycles. The number of aromatic nitrogens is 1. The highest BCUT2D eigenvalue weighted by molar-refractivity contribution is 5.08. The molecule has 0 saturated carbocycles. The molecule has 0 aromatic carbocycles. The average molecular weight is 224 g/mol. The van der Waals surface area contributed by atoms with Crippen LogP contribution < -0.4 is 5.73 Å². The summed E-state index contributed by atoms with van der Waals surface area (Å²) in [6, 6.07) is 4.40. The second-order valence-corrected chi connectivity index (χ2v) is 5.34. The number of nitrogens with zero attached hydrogens (tertiary/aromatic N) is 1. The normalized spacial score (nSPS) is 14.1. The molecule has 3 heteroatoms. The van der Waals surface area contributed by atoms with E-state index in [1.165, 1.54) is 5.69 Å². The van der Waals surface area contributed by atoms with Crippen LogP contribution in [0.4, 0.5) is 0 Å². The van der Waals surface area contributed by atoms with Crippen molar-refractivity contribution in [2.75, 3.05) is 6.61 Å². The van der Waals surface area contributed by atoms with Crippen LogP contribution in [0.15, 0.2) is 18.3 Å². The lowest BCUT2D eigenvalue weighted by atomic mass is 10.2. The minimum Gasteiger partial charge on any atom is -0.374 e. The average Bonchev–Trinajstić information content (AvgIpc) is 2.49. The van der Waals surface area contributed by atoms with Crippen LogP contribution in [0.2, 0.25) is 0 Å². The maximum absolute atomic E-state index is 5.81. The highest BCUT2D eigenvalue weighted by atomic mass is 16.5. The zero-order chi connectivity index (χ0) is 12.2. The Bertz CT molecular complexity index is 310. The molecule has 2 N–H and O–H groups in total. The third-order valence-electron chi connectivity index (χ3n) is 2.32. The van der Waals surface area contributed by atoms with Crippen LogP contribution in [-0.4, -0.2) is 22.8 Å². The Hall–Kier alpha value is -0.800. The number of ether oxygens (including phenoxy) is 1. The molecule has 3 nitrogen and oxygen atoms in total. The zero-order valence-corrected chi connectivity index (χ0v) is 10.9. The van der Waals surface area contributed by atoms with Crippen LogP contribution in [0.5, 0.6) is 0 Å². The molecule has 16 heavy (non-hydrogen) atoms. The van der Waals surface area contributed by atoms with Crippen molar-refractivity contribution in [2.24, 2.45) is 5.73 Å². The van der Waals surface area contributed by atoms with Crippen LogP contribution in [0, 0.1) is 0 Å². The Balaban J connectivity index is 2.45. The number of nitrogens with two attached hydrogens (primary N) is 1. The van der Waals surface area contributed by atoms with Crippen molar-refractivity contribution in [1.82, 2.24) is 4.57 Å². The molecule has 1 rings (SSSR count). The lowest BCUT2D eigenvalue weighted by molar-refractivity contribution is -0.00702. The van der Waals surface area contributed by atoms with Crippen LogP contribution in [0.25, 0.3) is 0 Å². The van der Waals surface area contributed by atoms with E-state index in [4.69, 9.17) is 10.5 Å². The third kappa shape index (κ3) is 4.81. The minimum absolute atomic E-state index is 0.0610. The molecule has 0 aliphatic heterocycles. The van der Waals surface area contributed by atoms with E-state index in [1.54, 1.807) is 0 Å². The third-order valence-corrected chi connectivity index (χ3v) is 2.32. The van der Waals surface area contributed by atoms with Crippen molar-refractivity contribution in [1.29, 1.82) is 0 Å². The van der Waals surface area contributed by atoms with E-state index in [0.29, 0.717) is 0 Å². The zero-order valence-electron chi connectivity index (χ0n) is 10.9. The summed E-state index contributed by atoms with van der Waals surface area (Å²) in [4.78, 5) is 0. The first-order valence-corrected chi connectivity index (χ1v) is 5.92. The maximum Gasteiger partial charge on any atom is 0.0652 e. The molecule has 0 amide bonds. The summed E-state index contributed by atoms with van der Waals surface area (Å²) in [5.41, 5.74) is 7.03. The van der Waals surface area contributed by atoms with Gasteiger partial charge in [-0.05, 0) is 39.8 Å². The molecule has 92 valence electrons. The van der Waals surface area contributed by atoms with Gasteiger partial charge in [-0.2, -0.15) is 0 Å². The van der Waals surface area contributed by atoms with Crippen LogP contribution in [0.3, 0.4) is 0 Å². The highest BCUT2D eigenvalue weighted by Crippen LogP contribution is 2.09. The fourth-order valence-corrected chi connectivity index (χ4v) is 1.63. The van der Waals surface area contributed by atoms with Crippen molar-refractivity contribution in [2.45, 2.75) is 52.3 Å². The first-order valence-electron chi connectivity index (χ1n) is 5.92. The Kier molecular flexibility index (Phi) is 4.56. The minimum atomic E-state index is -0.0610. The molecule has 1 unspecified atom stereocenters. The van der Waals surface area contributed by atoms with Gasteiger partial charge in [0.1, 0.15) is 0 Å². The first kappa shape index (κ1) is 13.3. The van der Waals surface area contributed by atoms with Gasteiger partial charge in [0.05, 0.1) is 12.2 Å². The Morgan fingerprint density at radius 3 is 2.69 bits per heavy atom. The van der Waals surface area contributed by atoms with E-state index in [9.17, 15) is 0 Å². The maximum atomic E-state index is 5.81. The van der Waals surface area contributed by atoms with Gasteiger partial charge in [-0.25, -0.2) is 0 Å². The smallest absolute Gasteiger partial charge is 0.0652 e. The van der Waals surface area contributed by atoms with Crippen molar-refractivity contribution in [3.8, 4) is 0 Å². The summed E-state index contributed by atoms with van der Waals surface area (Å²) >= 11 is 0. The van der Waals surface area contributed by atoms with Crippen molar-refractivity contribution in [3.63, 3.8) is 0 Å². The number of rotatable bonds is 5. The first-order chi connectivity index (χ1) is 7.38. The fourth-order valence-electron chi connectivity index (χ4n) is 1.63. The van der Waals surface area contributed by atoms with Gasteiger partial charge in [-0.3, -0.25) is 0 Å². The number of hydrogen-bond donors (Lipinski definition) is 1. The van der Waals surface area contributed by atoms with Gasteiger partial charge in [0.15, 0.2) is 0 Å². The molecule has 1 atom stereocenters. The van der Waals surface area contributed by atoms with E-state index in [-0.39, 0.29) is 11.6 Å². The quantitative estimate of drug-likeness (QED) is 0.833. The summed E-state index contributed by atoms with van der Waals surface area (Å²) in [6.45, 7) is 9.89. The summed E-state index contributed by atoms with van der Waals surface area (Å²) in [5.74, 6) is 0. The lowest BCUT2D eigenvalue weighted by Gasteiger charge is -2.20. The SMILES string of the molecule is CC(N)Cc1cccn1CCOC(C)(C)C. The van der Waals surface area contributed by atoms with E-state index in [2.05, 4.69) is 43.7 Å². The lowest BCUT2D eigenvalue weighted by Crippen LogP contribution is -2.23. The number of hydrogen-bond acceptors (Lipinski definition) is 2. The van der Waals surface area contributed by atoms with E-state index >= 15 is 0 Å². The van der Waals surface area contributed by atoms with Gasteiger partial charge in [0.25, 0.3) is 0 Å². The molecule has 0 bridgehead atoms. The largest absolute Gasteiger partial charge is 0.374 e. The van der Waals surface area contributed by atoms with Gasteiger partial charge in [0, 0.05) is 30.9 Å². The highest BCUT2D eigenvalue weighted by Gasteiger charge is 2.10. The van der Waals surface area contributed by atoms with Crippen LogP contribution >= 0.6 is 0 Å². The molecule has 0 radical (unpaired) electrons. The molecule has 0 spiro atoms. The molecule has 1 aromatic rings. The van der Waals surface area contributed by atoms with Crippen LogP contribution in [-0.2, 0) is 17.7 Å². The predicted octanol–water partition coefficient (Wildman–Crippen LogP) is 2.19. The predicted molar refractivity (Wildman–Crippen MR) is 67.5 cm³/mol. The standard InChI is InChI=1S/C13H24N2O/c1-11(14)10-12-6-5-7-15(12)8-9-16-13(2,3)4/h5-7,11H,8-10,14H2,1-4H3. The van der Waals surface area contributed by atoms with Crippen molar-refractivity contribution < 1.29 is 4.74 Å². The summed E-state index contributed by atoms with van der Waals surface area (Å²) in [6.07, 6.45) is 3.01. The van der Waals surface area contributed by atoms with Gasteiger partial charge in [-0.15, -0.1) is 0 Å². The van der Waals surface area contributed by atoms with Crippen molar-refractivity contribution >= 4 is 0 Å². The Morgan fingerprint density at radius 2 is 2.12 bits per heavy atom. The van der Waals surface area contributed by atoms with Gasteiger partial charge in [-0.1, -0.05) is 0 Å². The van der Waals surface area contributed by atoms with Crippen molar-refractivity contribution in [3.05, 3.63) is 24.0 Å².